The minimum Gasteiger partial charge on any atom is -0.464 e. The van der Waals surface area contributed by atoms with E-state index in [1.54, 1.807) is 6.07 Å². The molecular weight excluding hydrogens is 263 g/mol. The molecule has 6 heteroatoms. The molecule has 1 N–H and O–H groups in total. The Morgan fingerprint density at radius 2 is 1.95 bits per heavy atom. The molecule has 0 aliphatic rings. The van der Waals surface area contributed by atoms with Gasteiger partial charge in [0.25, 0.3) is 5.91 Å². The van der Waals surface area contributed by atoms with E-state index in [-0.39, 0.29) is 11.3 Å². The molecule has 0 saturated heterocycles. The van der Waals surface area contributed by atoms with Crippen LogP contribution in [0.25, 0.3) is 0 Å². The summed E-state index contributed by atoms with van der Waals surface area (Å²) in [5, 5.41) is 2.49. The zero-order chi connectivity index (χ0) is 14.5. The summed E-state index contributed by atoms with van der Waals surface area (Å²) in [6.07, 6.45) is 1.30. The summed E-state index contributed by atoms with van der Waals surface area (Å²) in [4.78, 5) is 26.9. The summed E-state index contributed by atoms with van der Waals surface area (Å²) in [6, 6.07) is 8.53. The summed E-state index contributed by atoms with van der Waals surface area (Å²) < 4.78 is 17.9. The smallest absolute Gasteiger partial charge is 0.356 e. The molecule has 0 radical (unpaired) electrons. The average molecular weight is 274 g/mol. The molecule has 0 bridgehead atoms. The van der Waals surface area contributed by atoms with E-state index in [2.05, 4.69) is 15.0 Å². The molecule has 2 rings (SSSR count). The maximum atomic E-state index is 13.4. The summed E-state index contributed by atoms with van der Waals surface area (Å²) in [6.45, 7) is 0. The lowest BCUT2D eigenvalue weighted by Crippen LogP contribution is -2.14. The number of carbonyl (C=O) groups excluding carboxylic acids is 2. The van der Waals surface area contributed by atoms with Crippen molar-refractivity contribution in [3.05, 3.63) is 59.7 Å². The van der Waals surface area contributed by atoms with Crippen LogP contribution in [0.15, 0.2) is 42.6 Å². The standard InChI is InChI=1S/C14H11FN2O3/c1-20-14(19)12-7-6-9(8-16-12)17-13(18)10-4-2-3-5-11(10)15/h2-8H,1H3,(H,17,18). The molecular formula is C14H11FN2O3. The molecule has 102 valence electrons. The number of carbonyl (C=O) groups is 2. The van der Waals surface area contributed by atoms with Gasteiger partial charge in [-0.2, -0.15) is 0 Å². The SMILES string of the molecule is COC(=O)c1ccc(NC(=O)c2ccccc2F)cn1. The van der Waals surface area contributed by atoms with Gasteiger partial charge in [0, 0.05) is 0 Å². The second kappa shape index (κ2) is 5.92. The molecule has 0 aliphatic carbocycles. The first-order valence-electron chi connectivity index (χ1n) is 5.72. The zero-order valence-electron chi connectivity index (χ0n) is 10.6. The van der Waals surface area contributed by atoms with Crippen LogP contribution < -0.4 is 5.32 Å². The summed E-state index contributed by atoms with van der Waals surface area (Å²) in [7, 11) is 1.25. The molecule has 0 atom stereocenters. The molecule has 0 unspecified atom stereocenters. The van der Waals surface area contributed by atoms with Crippen molar-refractivity contribution in [2.75, 3.05) is 12.4 Å². The lowest BCUT2D eigenvalue weighted by molar-refractivity contribution is 0.0594. The number of nitrogens with one attached hydrogen (secondary N) is 1. The molecule has 1 aromatic carbocycles. The molecule has 2 aromatic rings. The number of nitrogens with zero attached hydrogens (tertiary/aromatic N) is 1. The Morgan fingerprint density at radius 3 is 2.55 bits per heavy atom. The van der Waals surface area contributed by atoms with Crippen molar-refractivity contribution in [3.8, 4) is 0 Å². The van der Waals surface area contributed by atoms with E-state index >= 15 is 0 Å². The third kappa shape index (κ3) is 2.97. The van der Waals surface area contributed by atoms with Crippen LogP contribution in [-0.4, -0.2) is 24.0 Å². The number of hydrogen-bond donors (Lipinski definition) is 1. The van der Waals surface area contributed by atoms with Crippen molar-refractivity contribution < 1.29 is 18.7 Å². The minimum absolute atomic E-state index is 0.0652. The Kier molecular flexibility index (Phi) is 4.05. The van der Waals surface area contributed by atoms with Crippen LogP contribution in [0.3, 0.4) is 0 Å². The Balaban J connectivity index is 2.13. The Bertz CT molecular complexity index is 641. The number of pyridine rings is 1. The number of methoxy groups -OCH3 is 1. The molecule has 0 saturated carbocycles. The molecule has 1 aromatic heterocycles. The third-order valence-corrected chi connectivity index (χ3v) is 2.53. The van der Waals surface area contributed by atoms with Crippen LogP contribution in [0.2, 0.25) is 0 Å². The van der Waals surface area contributed by atoms with Gasteiger partial charge in [-0.15, -0.1) is 0 Å². The topological polar surface area (TPSA) is 68.3 Å². The highest BCUT2D eigenvalue weighted by Crippen LogP contribution is 2.11. The highest BCUT2D eigenvalue weighted by atomic mass is 19.1. The predicted molar refractivity (Wildman–Crippen MR) is 69.9 cm³/mol. The van der Waals surface area contributed by atoms with Crippen molar-refractivity contribution in [2.24, 2.45) is 0 Å². The predicted octanol–water partition coefficient (Wildman–Crippen LogP) is 2.26. The molecule has 0 fully saturated rings. The van der Waals surface area contributed by atoms with Gasteiger partial charge in [0.2, 0.25) is 0 Å². The van der Waals surface area contributed by atoms with Crippen LogP contribution in [0.5, 0.6) is 0 Å². The number of halogens is 1. The Morgan fingerprint density at radius 1 is 1.20 bits per heavy atom. The number of ether oxygens (including phenoxy) is 1. The van der Waals surface area contributed by atoms with Crippen LogP contribution in [0, 0.1) is 5.82 Å². The van der Waals surface area contributed by atoms with Gasteiger partial charge in [-0.05, 0) is 24.3 Å². The zero-order valence-corrected chi connectivity index (χ0v) is 10.6. The number of benzene rings is 1. The van der Waals surface area contributed by atoms with Gasteiger partial charge in [-0.25, -0.2) is 14.2 Å². The maximum absolute atomic E-state index is 13.4. The van der Waals surface area contributed by atoms with E-state index in [4.69, 9.17) is 0 Å². The van der Waals surface area contributed by atoms with E-state index in [0.717, 1.165) is 0 Å². The van der Waals surface area contributed by atoms with E-state index in [0.29, 0.717) is 5.69 Å². The second-order valence-corrected chi connectivity index (χ2v) is 3.86. The van der Waals surface area contributed by atoms with Crippen molar-refractivity contribution in [2.45, 2.75) is 0 Å². The number of aromatic nitrogens is 1. The first kappa shape index (κ1) is 13.7. The third-order valence-electron chi connectivity index (χ3n) is 2.53. The number of rotatable bonds is 3. The quantitative estimate of drug-likeness (QED) is 0.872. The van der Waals surface area contributed by atoms with E-state index in [9.17, 15) is 14.0 Å². The van der Waals surface area contributed by atoms with Gasteiger partial charge in [0.05, 0.1) is 24.6 Å². The van der Waals surface area contributed by atoms with E-state index < -0.39 is 17.7 Å². The van der Waals surface area contributed by atoms with Crippen molar-refractivity contribution >= 4 is 17.6 Å². The Labute approximate surface area is 114 Å². The second-order valence-electron chi connectivity index (χ2n) is 3.86. The van der Waals surface area contributed by atoms with Crippen molar-refractivity contribution in [1.82, 2.24) is 4.98 Å². The molecule has 1 amide bonds. The summed E-state index contributed by atoms with van der Waals surface area (Å²) in [5.41, 5.74) is 0.409. The van der Waals surface area contributed by atoms with Gasteiger partial charge in [-0.3, -0.25) is 4.79 Å². The summed E-state index contributed by atoms with van der Waals surface area (Å²) in [5.74, 6) is -1.77. The number of anilines is 1. The molecule has 0 aliphatic heterocycles. The molecule has 20 heavy (non-hydrogen) atoms. The number of hydrogen-bond acceptors (Lipinski definition) is 4. The van der Waals surface area contributed by atoms with Gasteiger partial charge < -0.3 is 10.1 Å². The highest BCUT2D eigenvalue weighted by molar-refractivity contribution is 6.04. The van der Waals surface area contributed by atoms with Crippen LogP contribution >= 0.6 is 0 Å². The van der Waals surface area contributed by atoms with Crippen molar-refractivity contribution in [1.29, 1.82) is 0 Å². The van der Waals surface area contributed by atoms with Crippen LogP contribution in [0.4, 0.5) is 10.1 Å². The first-order chi connectivity index (χ1) is 9.61. The van der Waals surface area contributed by atoms with Gasteiger partial charge in [0.15, 0.2) is 0 Å². The van der Waals surface area contributed by atoms with E-state index in [1.807, 2.05) is 0 Å². The fraction of sp³-hybridized carbons (Fsp3) is 0.0714. The lowest BCUT2D eigenvalue weighted by Gasteiger charge is -2.06. The maximum Gasteiger partial charge on any atom is 0.356 e. The average Bonchev–Trinajstić information content (AvgIpc) is 2.47. The van der Waals surface area contributed by atoms with Crippen molar-refractivity contribution in [3.63, 3.8) is 0 Å². The first-order valence-corrected chi connectivity index (χ1v) is 5.72. The normalized spacial score (nSPS) is 9.90. The monoisotopic (exact) mass is 274 g/mol. The van der Waals surface area contributed by atoms with Crippen LogP contribution in [-0.2, 0) is 4.74 Å². The molecule has 1 heterocycles. The summed E-state index contributed by atoms with van der Waals surface area (Å²) >= 11 is 0. The fourth-order valence-corrected chi connectivity index (χ4v) is 1.54. The number of amides is 1. The molecule has 5 nitrogen and oxygen atoms in total. The van der Waals surface area contributed by atoms with Crippen LogP contribution in [0.1, 0.15) is 20.8 Å². The molecule has 0 spiro atoms. The number of esters is 1. The van der Waals surface area contributed by atoms with Gasteiger partial charge >= 0.3 is 5.97 Å². The fourth-order valence-electron chi connectivity index (χ4n) is 1.54. The van der Waals surface area contributed by atoms with Gasteiger partial charge in [0.1, 0.15) is 11.5 Å². The largest absolute Gasteiger partial charge is 0.464 e. The van der Waals surface area contributed by atoms with Gasteiger partial charge in [-0.1, -0.05) is 12.1 Å². The lowest BCUT2D eigenvalue weighted by atomic mass is 10.2. The minimum atomic E-state index is -0.607. The highest BCUT2D eigenvalue weighted by Gasteiger charge is 2.12. The Hall–Kier alpha value is -2.76. The van der Waals surface area contributed by atoms with E-state index in [1.165, 1.54) is 43.6 Å².